The molecule has 1 aromatic carbocycles. The van der Waals surface area contributed by atoms with E-state index in [1.807, 2.05) is 0 Å². The Hall–Kier alpha value is -2.83. The van der Waals surface area contributed by atoms with Gasteiger partial charge in [0.15, 0.2) is 5.75 Å². The van der Waals surface area contributed by atoms with Gasteiger partial charge in [-0.15, -0.1) is 0 Å². The van der Waals surface area contributed by atoms with Crippen molar-refractivity contribution in [1.82, 2.24) is 0 Å². The molecule has 2 aromatic rings. The van der Waals surface area contributed by atoms with Gasteiger partial charge in [-0.2, -0.15) is 0 Å². The van der Waals surface area contributed by atoms with E-state index in [2.05, 4.69) is 0 Å². The van der Waals surface area contributed by atoms with Gasteiger partial charge in [-0.25, -0.2) is 4.79 Å². The lowest BCUT2D eigenvalue weighted by Gasteiger charge is -2.08. The topological polar surface area (TPSA) is 103 Å². The number of nitrogens with zero attached hydrogens (tertiary/aromatic N) is 1. The summed E-state index contributed by atoms with van der Waals surface area (Å²) in [5.41, 5.74) is 1.03. The average Bonchev–Trinajstić information content (AvgIpc) is 2.78. The molecule has 0 unspecified atom stereocenters. The smallest absolute Gasteiger partial charge is 0.371 e. The van der Waals surface area contributed by atoms with Crippen LogP contribution in [0.4, 0.5) is 5.69 Å². The minimum Gasteiger partial charge on any atom is -0.482 e. The molecule has 7 nitrogen and oxygen atoms in total. The molecule has 0 bridgehead atoms. The maximum atomic E-state index is 11.0. The highest BCUT2D eigenvalue weighted by atomic mass is 16.6. The second-order valence-electron chi connectivity index (χ2n) is 4.47. The van der Waals surface area contributed by atoms with E-state index in [4.69, 9.17) is 14.3 Å². The van der Waals surface area contributed by atoms with Crippen molar-refractivity contribution < 1.29 is 24.0 Å². The second kappa shape index (κ2) is 5.66. The van der Waals surface area contributed by atoms with Crippen molar-refractivity contribution in [1.29, 1.82) is 0 Å². The van der Waals surface area contributed by atoms with Gasteiger partial charge in [0.2, 0.25) is 5.76 Å². The first-order chi connectivity index (χ1) is 9.90. The third-order valence-corrected chi connectivity index (χ3v) is 2.99. The number of carboxylic acid groups (broad SMARTS) is 1. The molecule has 1 aromatic heterocycles. The van der Waals surface area contributed by atoms with E-state index in [-0.39, 0.29) is 23.8 Å². The lowest BCUT2D eigenvalue weighted by atomic mass is 10.2. The van der Waals surface area contributed by atoms with Crippen molar-refractivity contribution in [2.75, 3.05) is 0 Å². The van der Waals surface area contributed by atoms with Crippen LogP contribution in [0.2, 0.25) is 0 Å². The van der Waals surface area contributed by atoms with Crippen molar-refractivity contribution in [2.45, 2.75) is 20.5 Å². The van der Waals surface area contributed by atoms with E-state index in [1.165, 1.54) is 12.1 Å². The van der Waals surface area contributed by atoms with Gasteiger partial charge in [0.25, 0.3) is 0 Å². The molecule has 0 aliphatic heterocycles. The zero-order chi connectivity index (χ0) is 15.6. The number of benzene rings is 1. The van der Waals surface area contributed by atoms with Gasteiger partial charge in [0.05, 0.1) is 4.92 Å². The highest BCUT2D eigenvalue weighted by molar-refractivity contribution is 5.84. The zero-order valence-corrected chi connectivity index (χ0v) is 11.5. The lowest BCUT2D eigenvalue weighted by Crippen LogP contribution is -2.01. The van der Waals surface area contributed by atoms with Gasteiger partial charge in [0, 0.05) is 11.6 Å². The number of carboxylic acids is 1. The fraction of sp³-hybridized carbons (Fsp3) is 0.214. The number of para-hydroxylation sites is 1. The summed E-state index contributed by atoms with van der Waals surface area (Å²) in [6, 6.07) is 5.98. The Labute approximate surface area is 119 Å². The summed E-state index contributed by atoms with van der Waals surface area (Å²) in [5.74, 6) is -0.791. The molecule has 0 aliphatic carbocycles. The van der Waals surface area contributed by atoms with Crippen molar-refractivity contribution in [3.05, 3.63) is 57.0 Å². The molecule has 0 saturated heterocycles. The Morgan fingerprint density at radius 2 is 2.14 bits per heavy atom. The summed E-state index contributed by atoms with van der Waals surface area (Å²) in [4.78, 5) is 21.3. The first kappa shape index (κ1) is 14.6. The Kier molecular flexibility index (Phi) is 3.93. The predicted octanol–water partition coefficient (Wildman–Crippen LogP) is 3.08. The van der Waals surface area contributed by atoms with Crippen molar-refractivity contribution in [3.8, 4) is 5.75 Å². The van der Waals surface area contributed by atoms with Crippen LogP contribution in [0.3, 0.4) is 0 Å². The highest BCUT2D eigenvalue weighted by Crippen LogP contribution is 2.31. The Bertz CT molecular complexity index is 703. The molecule has 21 heavy (non-hydrogen) atoms. The number of aryl methyl sites for hydroxylation is 2. The maximum absolute atomic E-state index is 11.0. The number of hydrogen-bond donors (Lipinski definition) is 1. The molecule has 110 valence electrons. The molecule has 0 saturated carbocycles. The fourth-order valence-electron chi connectivity index (χ4n) is 1.89. The summed E-state index contributed by atoms with van der Waals surface area (Å²) >= 11 is 0. The van der Waals surface area contributed by atoms with Gasteiger partial charge in [-0.1, -0.05) is 12.1 Å². The number of ether oxygens (including phenoxy) is 1. The molecule has 0 spiro atoms. The third kappa shape index (κ3) is 3.02. The monoisotopic (exact) mass is 291 g/mol. The number of carbonyl (C=O) groups is 1. The fourth-order valence-corrected chi connectivity index (χ4v) is 1.89. The van der Waals surface area contributed by atoms with Crippen LogP contribution in [0.15, 0.2) is 28.7 Å². The van der Waals surface area contributed by atoms with Crippen LogP contribution in [0.25, 0.3) is 0 Å². The van der Waals surface area contributed by atoms with Crippen LogP contribution in [0.1, 0.15) is 27.4 Å². The molecule has 0 aliphatic rings. The van der Waals surface area contributed by atoms with Gasteiger partial charge >= 0.3 is 11.7 Å². The molecular formula is C14H13NO6. The normalized spacial score (nSPS) is 10.4. The summed E-state index contributed by atoms with van der Waals surface area (Å²) in [6.07, 6.45) is 0. The second-order valence-corrected chi connectivity index (χ2v) is 4.47. The average molecular weight is 291 g/mol. The summed E-state index contributed by atoms with van der Waals surface area (Å²) in [5, 5.41) is 19.8. The lowest BCUT2D eigenvalue weighted by molar-refractivity contribution is -0.386. The van der Waals surface area contributed by atoms with Crippen LogP contribution in [0, 0.1) is 24.0 Å². The van der Waals surface area contributed by atoms with Gasteiger partial charge in [-0.3, -0.25) is 10.1 Å². The number of aromatic carboxylic acids is 1. The SMILES string of the molecule is Cc1cccc([N+](=O)[O-])c1OCc1cc(C(=O)O)oc1C. The minimum atomic E-state index is -1.17. The molecule has 0 atom stereocenters. The van der Waals surface area contributed by atoms with Crippen molar-refractivity contribution in [3.63, 3.8) is 0 Å². The summed E-state index contributed by atoms with van der Waals surface area (Å²) < 4.78 is 10.6. The van der Waals surface area contributed by atoms with E-state index in [9.17, 15) is 14.9 Å². The molecule has 1 heterocycles. The van der Waals surface area contributed by atoms with Crippen molar-refractivity contribution >= 4 is 11.7 Å². The van der Waals surface area contributed by atoms with E-state index in [0.29, 0.717) is 16.9 Å². The minimum absolute atomic E-state index is 0.00565. The van der Waals surface area contributed by atoms with Gasteiger partial charge in [0.1, 0.15) is 12.4 Å². The number of hydrogen-bond acceptors (Lipinski definition) is 5. The molecule has 0 fully saturated rings. The number of rotatable bonds is 5. The maximum Gasteiger partial charge on any atom is 0.371 e. The zero-order valence-electron chi connectivity index (χ0n) is 11.5. The standard InChI is InChI=1S/C14H13NO6/c1-8-4-3-5-11(15(18)19)13(8)20-7-10-6-12(14(16)17)21-9(10)2/h3-6H,7H2,1-2H3,(H,16,17). The van der Waals surface area contributed by atoms with E-state index < -0.39 is 10.9 Å². The highest BCUT2D eigenvalue weighted by Gasteiger charge is 2.19. The van der Waals surface area contributed by atoms with Crippen molar-refractivity contribution in [2.24, 2.45) is 0 Å². The Balaban J connectivity index is 2.24. The largest absolute Gasteiger partial charge is 0.482 e. The third-order valence-electron chi connectivity index (χ3n) is 2.99. The molecule has 1 N–H and O–H groups in total. The first-order valence-corrected chi connectivity index (χ1v) is 6.09. The van der Waals surface area contributed by atoms with Crippen LogP contribution in [-0.2, 0) is 6.61 Å². The molecule has 2 rings (SSSR count). The summed E-state index contributed by atoms with van der Waals surface area (Å²) in [7, 11) is 0. The van der Waals surface area contributed by atoms with Crippen LogP contribution in [-0.4, -0.2) is 16.0 Å². The van der Waals surface area contributed by atoms with Gasteiger partial charge < -0.3 is 14.3 Å². The van der Waals surface area contributed by atoms with E-state index in [0.717, 1.165) is 0 Å². The Morgan fingerprint density at radius 3 is 2.71 bits per heavy atom. The summed E-state index contributed by atoms with van der Waals surface area (Å²) in [6.45, 7) is 3.30. The molecule has 0 amide bonds. The van der Waals surface area contributed by atoms with Gasteiger partial charge in [-0.05, 0) is 25.5 Å². The van der Waals surface area contributed by atoms with E-state index in [1.54, 1.807) is 26.0 Å². The number of nitro groups is 1. The van der Waals surface area contributed by atoms with Crippen LogP contribution >= 0.6 is 0 Å². The predicted molar refractivity (Wildman–Crippen MR) is 72.6 cm³/mol. The van der Waals surface area contributed by atoms with Crippen LogP contribution in [0.5, 0.6) is 5.75 Å². The molecule has 7 heteroatoms. The number of furan rings is 1. The van der Waals surface area contributed by atoms with E-state index >= 15 is 0 Å². The molecule has 0 radical (unpaired) electrons. The quantitative estimate of drug-likeness (QED) is 0.670. The first-order valence-electron chi connectivity index (χ1n) is 6.09. The van der Waals surface area contributed by atoms with Crippen LogP contribution < -0.4 is 4.74 Å². The number of nitro benzene ring substituents is 1. The molecular weight excluding hydrogens is 278 g/mol. The Morgan fingerprint density at radius 1 is 1.43 bits per heavy atom.